The first-order valence-corrected chi connectivity index (χ1v) is 10.3. The summed E-state index contributed by atoms with van der Waals surface area (Å²) in [4.78, 5) is 31.0. The van der Waals surface area contributed by atoms with E-state index in [0.717, 1.165) is 22.3 Å². The number of amides is 2. The van der Waals surface area contributed by atoms with Crippen molar-refractivity contribution in [3.8, 4) is 0 Å². The van der Waals surface area contributed by atoms with Crippen LogP contribution < -0.4 is 15.5 Å². The SMILES string of the molecule is CN(C)c1cc(CNC(=O)Cc2ccc(NC(=O)c3cc4ccccc4o3)cc2)ccn1. The quantitative estimate of drug-likeness (QED) is 0.465. The molecule has 0 spiro atoms. The first-order valence-electron chi connectivity index (χ1n) is 10.3. The van der Waals surface area contributed by atoms with E-state index in [1.54, 1.807) is 24.4 Å². The van der Waals surface area contributed by atoms with Gasteiger partial charge in [0.05, 0.1) is 6.42 Å². The summed E-state index contributed by atoms with van der Waals surface area (Å²) in [5.41, 5.74) is 3.14. The van der Waals surface area contributed by atoms with Crippen LogP contribution in [0.1, 0.15) is 21.7 Å². The number of rotatable bonds is 7. The molecule has 0 bridgehead atoms. The Balaban J connectivity index is 1.30. The van der Waals surface area contributed by atoms with Crippen molar-refractivity contribution in [3.05, 3.63) is 89.8 Å². The van der Waals surface area contributed by atoms with E-state index in [2.05, 4.69) is 15.6 Å². The van der Waals surface area contributed by atoms with E-state index in [-0.39, 0.29) is 24.0 Å². The van der Waals surface area contributed by atoms with Crippen molar-refractivity contribution >= 4 is 34.3 Å². The Labute approximate surface area is 186 Å². The van der Waals surface area contributed by atoms with Crippen LogP contribution in [0.3, 0.4) is 0 Å². The molecule has 4 rings (SSSR count). The summed E-state index contributed by atoms with van der Waals surface area (Å²) < 4.78 is 5.59. The van der Waals surface area contributed by atoms with Gasteiger partial charge in [0.1, 0.15) is 11.4 Å². The average Bonchev–Trinajstić information content (AvgIpc) is 3.24. The Morgan fingerprint density at radius 2 is 1.75 bits per heavy atom. The van der Waals surface area contributed by atoms with E-state index in [0.29, 0.717) is 17.8 Å². The average molecular weight is 428 g/mol. The zero-order valence-electron chi connectivity index (χ0n) is 18.0. The molecule has 0 radical (unpaired) electrons. The lowest BCUT2D eigenvalue weighted by Crippen LogP contribution is -2.24. The second-order valence-electron chi connectivity index (χ2n) is 7.67. The highest BCUT2D eigenvalue weighted by molar-refractivity contribution is 6.04. The van der Waals surface area contributed by atoms with E-state index in [9.17, 15) is 9.59 Å². The van der Waals surface area contributed by atoms with Crippen LogP contribution in [0, 0.1) is 0 Å². The first-order chi connectivity index (χ1) is 15.5. The van der Waals surface area contributed by atoms with Gasteiger partial charge in [-0.1, -0.05) is 30.3 Å². The lowest BCUT2D eigenvalue weighted by Gasteiger charge is -2.12. The van der Waals surface area contributed by atoms with Gasteiger partial charge in [0.15, 0.2) is 5.76 Å². The molecule has 4 aromatic rings. The van der Waals surface area contributed by atoms with Crippen molar-refractivity contribution in [2.24, 2.45) is 0 Å². The third-order valence-electron chi connectivity index (χ3n) is 4.98. The molecule has 0 saturated heterocycles. The lowest BCUT2D eigenvalue weighted by molar-refractivity contribution is -0.120. The van der Waals surface area contributed by atoms with Gasteiger partial charge in [0, 0.05) is 37.9 Å². The van der Waals surface area contributed by atoms with E-state index >= 15 is 0 Å². The van der Waals surface area contributed by atoms with E-state index < -0.39 is 0 Å². The maximum absolute atomic E-state index is 12.5. The smallest absolute Gasteiger partial charge is 0.291 e. The normalized spacial score (nSPS) is 10.7. The van der Waals surface area contributed by atoms with Crippen LogP contribution in [0.2, 0.25) is 0 Å². The number of anilines is 2. The summed E-state index contributed by atoms with van der Waals surface area (Å²) in [7, 11) is 3.85. The minimum absolute atomic E-state index is 0.0766. The van der Waals surface area contributed by atoms with Gasteiger partial charge in [-0.05, 0) is 47.5 Å². The number of hydrogen-bond donors (Lipinski definition) is 2. The van der Waals surface area contributed by atoms with Gasteiger partial charge < -0.3 is 20.0 Å². The molecule has 2 N–H and O–H groups in total. The van der Waals surface area contributed by atoms with Crippen LogP contribution in [0.4, 0.5) is 11.5 Å². The van der Waals surface area contributed by atoms with Gasteiger partial charge in [-0.25, -0.2) is 4.98 Å². The third kappa shape index (κ3) is 5.13. The second kappa shape index (κ2) is 9.34. The van der Waals surface area contributed by atoms with Crippen molar-refractivity contribution in [2.45, 2.75) is 13.0 Å². The second-order valence-corrected chi connectivity index (χ2v) is 7.67. The maximum atomic E-state index is 12.5. The summed E-state index contributed by atoms with van der Waals surface area (Å²) >= 11 is 0. The van der Waals surface area contributed by atoms with Crippen LogP contribution in [0.5, 0.6) is 0 Å². The molecule has 0 unspecified atom stereocenters. The highest BCUT2D eigenvalue weighted by atomic mass is 16.3. The molecule has 0 fully saturated rings. The first kappa shape index (κ1) is 21.1. The maximum Gasteiger partial charge on any atom is 0.291 e. The van der Waals surface area contributed by atoms with Gasteiger partial charge in [-0.15, -0.1) is 0 Å². The number of nitrogens with zero attached hydrogens (tertiary/aromatic N) is 2. The summed E-state index contributed by atoms with van der Waals surface area (Å²) in [6, 6.07) is 20.2. The zero-order chi connectivity index (χ0) is 22.5. The van der Waals surface area contributed by atoms with Crippen molar-refractivity contribution in [1.29, 1.82) is 0 Å². The topological polar surface area (TPSA) is 87.5 Å². The molecule has 0 atom stereocenters. The van der Waals surface area contributed by atoms with Gasteiger partial charge >= 0.3 is 0 Å². The minimum atomic E-state index is -0.318. The van der Waals surface area contributed by atoms with E-state index in [4.69, 9.17) is 4.42 Å². The zero-order valence-corrected chi connectivity index (χ0v) is 18.0. The fourth-order valence-corrected chi connectivity index (χ4v) is 3.26. The molecular formula is C25H24N4O3. The van der Waals surface area contributed by atoms with Crippen LogP contribution in [-0.2, 0) is 17.8 Å². The molecule has 2 aromatic carbocycles. The molecular weight excluding hydrogens is 404 g/mol. The summed E-state index contributed by atoms with van der Waals surface area (Å²) in [6.07, 6.45) is 1.98. The Morgan fingerprint density at radius 3 is 2.50 bits per heavy atom. The van der Waals surface area contributed by atoms with Crippen LogP contribution >= 0.6 is 0 Å². The molecule has 0 aliphatic rings. The molecule has 0 saturated carbocycles. The highest BCUT2D eigenvalue weighted by Crippen LogP contribution is 2.20. The summed E-state index contributed by atoms with van der Waals surface area (Å²) in [5, 5.41) is 6.62. The Kier molecular flexibility index (Phi) is 6.17. The van der Waals surface area contributed by atoms with E-state index in [1.807, 2.05) is 67.5 Å². The molecule has 2 aromatic heterocycles. The molecule has 0 aliphatic heterocycles. The van der Waals surface area contributed by atoms with Crippen molar-refractivity contribution in [1.82, 2.24) is 10.3 Å². The Hall–Kier alpha value is -4.13. The number of aromatic nitrogens is 1. The summed E-state index contributed by atoms with van der Waals surface area (Å²) in [6.45, 7) is 0.438. The van der Waals surface area contributed by atoms with Gasteiger partial charge in [-0.3, -0.25) is 9.59 Å². The predicted molar refractivity (Wildman–Crippen MR) is 125 cm³/mol. The van der Waals surface area contributed by atoms with Crippen molar-refractivity contribution < 1.29 is 14.0 Å². The van der Waals surface area contributed by atoms with Crippen LogP contribution in [0.15, 0.2) is 77.3 Å². The molecule has 162 valence electrons. The number of hydrogen-bond acceptors (Lipinski definition) is 5. The molecule has 2 heterocycles. The molecule has 2 amide bonds. The van der Waals surface area contributed by atoms with Crippen LogP contribution in [-0.4, -0.2) is 30.9 Å². The van der Waals surface area contributed by atoms with E-state index in [1.165, 1.54) is 0 Å². The molecule has 0 aliphatic carbocycles. The number of pyridine rings is 1. The number of para-hydroxylation sites is 1. The number of benzene rings is 2. The molecule has 32 heavy (non-hydrogen) atoms. The largest absolute Gasteiger partial charge is 0.451 e. The lowest BCUT2D eigenvalue weighted by atomic mass is 10.1. The van der Waals surface area contributed by atoms with Gasteiger partial charge in [0.2, 0.25) is 5.91 Å². The number of carbonyl (C=O) groups is 2. The predicted octanol–water partition coefficient (Wildman–Crippen LogP) is 4.01. The number of furan rings is 1. The monoisotopic (exact) mass is 428 g/mol. The van der Waals surface area contributed by atoms with Gasteiger partial charge in [0.25, 0.3) is 5.91 Å². The number of nitrogens with one attached hydrogen (secondary N) is 2. The highest BCUT2D eigenvalue weighted by Gasteiger charge is 2.12. The number of fused-ring (bicyclic) bond motifs is 1. The Morgan fingerprint density at radius 1 is 0.969 bits per heavy atom. The third-order valence-corrected chi connectivity index (χ3v) is 4.98. The molecule has 7 nitrogen and oxygen atoms in total. The summed E-state index contributed by atoms with van der Waals surface area (Å²) in [5.74, 6) is 0.702. The Bertz CT molecular complexity index is 1210. The van der Waals surface area contributed by atoms with Crippen molar-refractivity contribution in [3.63, 3.8) is 0 Å². The fraction of sp³-hybridized carbons (Fsp3) is 0.160. The van der Waals surface area contributed by atoms with Crippen LogP contribution in [0.25, 0.3) is 11.0 Å². The fourth-order valence-electron chi connectivity index (χ4n) is 3.26. The number of carbonyl (C=O) groups excluding carboxylic acids is 2. The minimum Gasteiger partial charge on any atom is -0.451 e. The standard InChI is InChI=1S/C25H24N4O3/c1-29(2)23-13-18(11-12-26-23)16-27-24(30)14-17-7-9-20(10-8-17)28-25(31)22-15-19-5-3-4-6-21(19)32-22/h3-13,15H,14,16H2,1-2H3,(H,27,30)(H,28,31). The van der Waals surface area contributed by atoms with Crippen molar-refractivity contribution in [2.75, 3.05) is 24.3 Å². The van der Waals surface area contributed by atoms with Gasteiger partial charge in [-0.2, -0.15) is 0 Å². The molecule has 7 heteroatoms.